The van der Waals surface area contributed by atoms with Crippen LogP contribution in [0.3, 0.4) is 0 Å². The molecular weight excluding hydrogens is 421 g/mol. The summed E-state index contributed by atoms with van der Waals surface area (Å²) in [4.78, 5) is 16.7. The summed E-state index contributed by atoms with van der Waals surface area (Å²) in [5, 5.41) is 2.59. The molecule has 0 spiro atoms. The first-order valence-electron chi connectivity index (χ1n) is 8.70. The molecule has 1 heterocycles. The van der Waals surface area contributed by atoms with E-state index < -0.39 is 17.6 Å². The summed E-state index contributed by atoms with van der Waals surface area (Å²) in [6.07, 6.45) is -0.802. The fraction of sp³-hybridized carbons (Fsp3) is 0.143. The van der Waals surface area contributed by atoms with E-state index >= 15 is 0 Å². The minimum Gasteiger partial charge on any atom is -0.300 e. The van der Waals surface area contributed by atoms with Gasteiger partial charge in [0.15, 0.2) is 5.17 Å². The van der Waals surface area contributed by atoms with E-state index in [0.717, 1.165) is 29.0 Å². The summed E-state index contributed by atoms with van der Waals surface area (Å²) in [5.41, 5.74) is 1.88. The van der Waals surface area contributed by atoms with Crippen LogP contribution >= 0.6 is 23.4 Å². The third kappa shape index (κ3) is 3.97. The lowest BCUT2D eigenvalue weighted by molar-refractivity contribution is -0.137. The Morgan fingerprint density at radius 3 is 2.72 bits per heavy atom. The normalized spacial score (nSPS) is 21.5. The third-order valence-corrected chi connectivity index (χ3v) is 5.76. The molecule has 1 unspecified atom stereocenters. The van der Waals surface area contributed by atoms with Crippen LogP contribution in [0.15, 0.2) is 64.5 Å². The first-order chi connectivity index (χ1) is 13.7. The molecule has 0 radical (unpaired) electrons. The molecule has 1 atom stereocenters. The number of rotatable bonds is 2. The number of amides is 1. The Morgan fingerprint density at radius 1 is 1.21 bits per heavy atom. The molecule has 2 aliphatic rings. The van der Waals surface area contributed by atoms with Crippen molar-refractivity contribution in [3.63, 3.8) is 0 Å². The van der Waals surface area contributed by atoms with Crippen LogP contribution in [0.25, 0.3) is 5.57 Å². The molecule has 1 aliphatic carbocycles. The molecule has 2 aromatic rings. The van der Waals surface area contributed by atoms with Gasteiger partial charge in [-0.15, -0.1) is 0 Å². The second-order valence-corrected chi connectivity index (χ2v) is 8.11. The number of benzene rings is 2. The Morgan fingerprint density at radius 2 is 1.97 bits per heavy atom. The van der Waals surface area contributed by atoms with Crippen LogP contribution in [0.5, 0.6) is 0 Å². The Kier molecular flexibility index (Phi) is 5.04. The lowest BCUT2D eigenvalue weighted by Gasteiger charge is -2.10. The van der Waals surface area contributed by atoms with E-state index in [4.69, 9.17) is 11.6 Å². The SMILES string of the molecule is CC1C=C(C=C2SC(=Nc3ccc(Cl)cc3C(F)(F)F)NC2=O)c2ccccc21. The highest BCUT2D eigenvalue weighted by atomic mass is 35.5. The van der Waals surface area contributed by atoms with Crippen molar-refractivity contribution in [2.45, 2.75) is 19.0 Å². The summed E-state index contributed by atoms with van der Waals surface area (Å²) >= 11 is 6.70. The van der Waals surface area contributed by atoms with E-state index in [2.05, 4.69) is 23.3 Å². The molecule has 148 valence electrons. The van der Waals surface area contributed by atoms with Crippen LogP contribution in [0.2, 0.25) is 5.02 Å². The lowest BCUT2D eigenvalue weighted by Crippen LogP contribution is -2.19. The number of alkyl halides is 3. The maximum Gasteiger partial charge on any atom is 0.418 e. The van der Waals surface area contributed by atoms with Gasteiger partial charge in [0, 0.05) is 10.9 Å². The molecule has 3 nitrogen and oxygen atoms in total. The van der Waals surface area contributed by atoms with Crippen molar-refractivity contribution in [3.05, 3.63) is 81.2 Å². The number of nitrogens with one attached hydrogen (secondary N) is 1. The first-order valence-corrected chi connectivity index (χ1v) is 9.89. The number of carbonyl (C=O) groups is 1. The van der Waals surface area contributed by atoms with E-state index in [1.54, 1.807) is 6.08 Å². The van der Waals surface area contributed by atoms with Gasteiger partial charge in [0.05, 0.1) is 16.2 Å². The number of nitrogens with zero attached hydrogens (tertiary/aromatic N) is 1. The van der Waals surface area contributed by atoms with Gasteiger partial charge < -0.3 is 5.32 Å². The van der Waals surface area contributed by atoms with Crippen LogP contribution in [0.4, 0.5) is 18.9 Å². The van der Waals surface area contributed by atoms with Crippen molar-refractivity contribution >= 4 is 45.7 Å². The average molecular weight is 435 g/mol. The van der Waals surface area contributed by atoms with Crippen molar-refractivity contribution in [3.8, 4) is 0 Å². The number of carbonyl (C=O) groups excluding carboxylic acids is 1. The molecule has 1 aliphatic heterocycles. The number of halogens is 4. The summed E-state index contributed by atoms with van der Waals surface area (Å²) in [6.45, 7) is 2.07. The summed E-state index contributed by atoms with van der Waals surface area (Å²) in [6, 6.07) is 11.2. The number of hydrogen-bond acceptors (Lipinski definition) is 3. The van der Waals surface area contributed by atoms with Gasteiger partial charge in [-0.25, -0.2) is 4.99 Å². The molecule has 0 aromatic heterocycles. The number of hydrogen-bond donors (Lipinski definition) is 1. The quantitative estimate of drug-likeness (QED) is 0.564. The summed E-state index contributed by atoms with van der Waals surface area (Å²) < 4.78 is 39.8. The molecule has 4 rings (SSSR count). The number of allylic oxidation sites excluding steroid dienone is 3. The number of thioether (sulfide) groups is 1. The van der Waals surface area contributed by atoms with Gasteiger partial charge in [-0.05, 0) is 52.7 Å². The molecule has 29 heavy (non-hydrogen) atoms. The number of aliphatic imine (C=N–C) groups is 1. The maximum absolute atomic E-state index is 13.3. The van der Waals surface area contributed by atoms with Crippen LogP contribution < -0.4 is 5.32 Å². The maximum atomic E-state index is 13.3. The zero-order valence-electron chi connectivity index (χ0n) is 15.0. The smallest absolute Gasteiger partial charge is 0.300 e. The van der Waals surface area contributed by atoms with E-state index in [1.165, 1.54) is 17.7 Å². The Hall–Kier alpha value is -2.51. The largest absolute Gasteiger partial charge is 0.418 e. The standard InChI is InChI=1S/C21H14ClF3N2OS/c1-11-8-12(15-5-3-2-4-14(11)15)9-18-19(28)27-20(29-18)26-17-7-6-13(22)10-16(17)21(23,24)25/h2-11H,1H3,(H,26,27,28). The van der Waals surface area contributed by atoms with E-state index in [0.29, 0.717) is 4.91 Å². The molecular formula is C21H14ClF3N2OS. The van der Waals surface area contributed by atoms with Crippen LogP contribution in [0.1, 0.15) is 29.5 Å². The van der Waals surface area contributed by atoms with Gasteiger partial charge >= 0.3 is 6.18 Å². The van der Waals surface area contributed by atoms with E-state index in [9.17, 15) is 18.0 Å². The highest BCUT2D eigenvalue weighted by Gasteiger charge is 2.34. The second-order valence-electron chi connectivity index (χ2n) is 6.64. The van der Waals surface area contributed by atoms with Crippen LogP contribution in [-0.2, 0) is 11.0 Å². The minimum atomic E-state index is -4.61. The van der Waals surface area contributed by atoms with Crippen molar-refractivity contribution < 1.29 is 18.0 Å². The van der Waals surface area contributed by atoms with E-state index in [-0.39, 0.29) is 21.8 Å². The van der Waals surface area contributed by atoms with E-state index in [1.807, 2.05) is 24.3 Å². The predicted octanol–water partition coefficient (Wildman–Crippen LogP) is 6.29. The second kappa shape index (κ2) is 7.39. The molecule has 8 heteroatoms. The minimum absolute atomic E-state index is 0.0362. The van der Waals surface area contributed by atoms with Crippen molar-refractivity contribution in [2.24, 2.45) is 4.99 Å². The van der Waals surface area contributed by atoms with Gasteiger partial charge in [-0.1, -0.05) is 48.9 Å². The Balaban J connectivity index is 1.65. The van der Waals surface area contributed by atoms with Crippen LogP contribution in [0, 0.1) is 0 Å². The molecule has 1 N–H and O–H groups in total. The van der Waals surface area contributed by atoms with Crippen LogP contribution in [-0.4, -0.2) is 11.1 Å². The molecule has 1 saturated heterocycles. The lowest BCUT2D eigenvalue weighted by atomic mass is 10.0. The Labute approximate surface area is 174 Å². The Bertz CT molecular complexity index is 1110. The molecule has 0 bridgehead atoms. The topological polar surface area (TPSA) is 41.5 Å². The first kappa shape index (κ1) is 19.8. The summed E-state index contributed by atoms with van der Waals surface area (Å²) in [5.74, 6) is -0.168. The molecule has 1 fully saturated rings. The molecule has 2 aromatic carbocycles. The van der Waals surface area contributed by atoms with Gasteiger partial charge in [-0.2, -0.15) is 13.2 Å². The van der Waals surface area contributed by atoms with Crippen molar-refractivity contribution in [2.75, 3.05) is 0 Å². The van der Waals surface area contributed by atoms with Gasteiger partial charge in [-0.3, -0.25) is 4.79 Å². The monoisotopic (exact) mass is 434 g/mol. The fourth-order valence-electron chi connectivity index (χ4n) is 3.30. The predicted molar refractivity (Wildman–Crippen MR) is 110 cm³/mol. The highest BCUT2D eigenvalue weighted by molar-refractivity contribution is 8.18. The van der Waals surface area contributed by atoms with Gasteiger partial charge in [0.25, 0.3) is 5.91 Å². The number of fused-ring (bicyclic) bond motifs is 1. The third-order valence-electron chi connectivity index (χ3n) is 4.62. The number of amidine groups is 1. The zero-order valence-corrected chi connectivity index (χ0v) is 16.6. The summed E-state index contributed by atoms with van der Waals surface area (Å²) in [7, 11) is 0. The van der Waals surface area contributed by atoms with Gasteiger partial charge in [0.1, 0.15) is 0 Å². The van der Waals surface area contributed by atoms with Gasteiger partial charge in [0.2, 0.25) is 0 Å². The zero-order chi connectivity index (χ0) is 20.8. The highest BCUT2D eigenvalue weighted by Crippen LogP contribution is 2.40. The van der Waals surface area contributed by atoms with Crippen molar-refractivity contribution in [1.82, 2.24) is 5.32 Å². The molecule has 0 saturated carbocycles. The molecule has 1 amide bonds. The average Bonchev–Trinajstić information content (AvgIpc) is 3.16. The fourth-order valence-corrected chi connectivity index (χ4v) is 4.29. The van der Waals surface area contributed by atoms with Crippen molar-refractivity contribution in [1.29, 1.82) is 0 Å².